The lowest BCUT2D eigenvalue weighted by Crippen LogP contribution is -2.27. The Morgan fingerprint density at radius 3 is 2.43 bits per heavy atom. The molecule has 0 radical (unpaired) electrons. The summed E-state index contributed by atoms with van der Waals surface area (Å²) in [6.45, 7) is 0.239. The first-order chi connectivity index (χ1) is 10.0. The van der Waals surface area contributed by atoms with Gasteiger partial charge in [-0.1, -0.05) is 0 Å². The summed E-state index contributed by atoms with van der Waals surface area (Å²) >= 11 is 0. The predicted molar refractivity (Wildman–Crippen MR) is 72.4 cm³/mol. The zero-order valence-electron chi connectivity index (χ0n) is 11.0. The Balaban J connectivity index is 2.07. The fraction of sp³-hybridized carbons (Fsp3) is 0.200. The van der Waals surface area contributed by atoms with Gasteiger partial charge >= 0.3 is 0 Å². The Kier molecular flexibility index (Phi) is 3.25. The van der Waals surface area contributed by atoms with Crippen LogP contribution in [-0.2, 0) is 6.54 Å². The van der Waals surface area contributed by atoms with Crippen molar-refractivity contribution in [3.05, 3.63) is 58.9 Å². The van der Waals surface area contributed by atoms with Crippen molar-refractivity contribution in [2.24, 2.45) is 5.73 Å². The molecule has 6 heteroatoms. The number of rotatable bonds is 2. The van der Waals surface area contributed by atoms with E-state index in [4.69, 9.17) is 5.73 Å². The third-order valence-electron chi connectivity index (χ3n) is 3.77. The van der Waals surface area contributed by atoms with Gasteiger partial charge in [0.1, 0.15) is 5.75 Å². The Morgan fingerprint density at radius 2 is 1.81 bits per heavy atom. The Labute approximate surface area is 119 Å². The van der Waals surface area contributed by atoms with Crippen LogP contribution in [-0.4, -0.2) is 11.7 Å². The maximum Gasteiger partial charge on any atom is 0.194 e. The van der Waals surface area contributed by atoms with Gasteiger partial charge < -0.3 is 15.7 Å². The van der Waals surface area contributed by atoms with Crippen molar-refractivity contribution >= 4 is 5.69 Å². The van der Waals surface area contributed by atoms with Crippen molar-refractivity contribution < 1.29 is 18.3 Å². The first-order valence-corrected chi connectivity index (χ1v) is 6.45. The van der Waals surface area contributed by atoms with Crippen LogP contribution < -0.4 is 10.6 Å². The molecule has 1 heterocycles. The number of nitrogens with zero attached hydrogens (tertiary/aromatic N) is 1. The molecular formula is C15H13F3N2O. The lowest BCUT2D eigenvalue weighted by atomic mass is 10.0. The Hall–Kier alpha value is -2.21. The fourth-order valence-corrected chi connectivity index (χ4v) is 2.73. The number of phenols is 1. The third kappa shape index (κ3) is 2.12. The minimum absolute atomic E-state index is 0.100. The molecule has 3 N–H and O–H groups in total. The molecular weight excluding hydrogens is 281 g/mol. The molecule has 0 amide bonds. The van der Waals surface area contributed by atoms with Gasteiger partial charge in [0.2, 0.25) is 0 Å². The number of phenolic OH excluding ortho intramolecular Hbond substituents is 1. The van der Waals surface area contributed by atoms with Crippen molar-refractivity contribution in [2.75, 3.05) is 11.4 Å². The normalized spacial score (nSPS) is 17.1. The van der Waals surface area contributed by atoms with Crippen LogP contribution >= 0.6 is 0 Å². The summed E-state index contributed by atoms with van der Waals surface area (Å²) < 4.78 is 40.7. The largest absolute Gasteiger partial charge is 0.508 e. The Morgan fingerprint density at radius 1 is 1.14 bits per heavy atom. The van der Waals surface area contributed by atoms with E-state index in [2.05, 4.69) is 0 Å². The zero-order valence-corrected chi connectivity index (χ0v) is 11.0. The van der Waals surface area contributed by atoms with Crippen molar-refractivity contribution in [3.63, 3.8) is 0 Å². The van der Waals surface area contributed by atoms with E-state index in [0.717, 1.165) is 6.07 Å². The van der Waals surface area contributed by atoms with Gasteiger partial charge in [-0.2, -0.15) is 0 Å². The number of hydrogen-bond acceptors (Lipinski definition) is 3. The molecule has 3 nitrogen and oxygen atoms in total. The molecule has 1 aliphatic heterocycles. The SMILES string of the molecule is NCC1c2cc(F)c(F)c(F)c2CN1c1ccc(O)cc1. The van der Waals surface area contributed by atoms with Crippen molar-refractivity contribution in [3.8, 4) is 5.75 Å². The fourth-order valence-electron chi connectivity index (χ4n) is 2.73. The highest BCUT2D eigenvalue weighted by Gasteiger charge is 2.34. The van der Waals surface area contributed by atoms with Crippen LogP contribution in [0.1, 0.15) is 17.2 Å². The minimum atomic E-state index is -1.46. The van der Waals surface area contributed by atoms with Crippen LogP contribution in [0.25, 0.3) is 0 Å². The number of halogens is 3. The molecule has 3 rings (SSSR count). The predicted octanol–water partition coefficient (Wildman–Crippen LogP) is 2.83. The maximum absolute atomic E-state index is 13.9. The molecule has 1 unspecified atom stereocenters. The highest BCUT2D eigenvalue weighted by molar-refractivity contribution is 5.56. The van der Waals surface area contributed by atoms with E-state index in [9.17, 15) is 18.3 Å². The number of anilines is 1. The highest BCUT2D eigenvalue weighted by atomic mass is 19.2. The van der Waals surface area contributed by atoms with E-state index in [0.29, 0.717) is 11.3 Å². The van der Waals surface area contributed by atoms with E-state index in [1.807, 2.05) is 0 Å². The van der Waals surface area contributed by atoms with E-state index in [1.54, 1.807) is 17.0 Å². The van der Waals surface area contributed by atoms with Crippen LogP contribution in [0, 0.1) is 17.5 Å². The molecule has 0 bridgehead atoms. The van der Waals surface area contributed by atoms with Crippen LogP contribution in [0.4, 0.5) is 18.9 Å². The van der Waals surface area contributed by atoms with Crippen LogP contribution in [0.5, 0.6) is 5.75 Å². The van der Waals surface area contributed by atoms with Crippen molar-refractivity contribution in [1.29, 1.82) is 0 Å². The summed E-state index contributed by atoms with van der Waals surface area (Å²) in [5, 5.41) is 9.31. The van der Waals surface area contributed by atoms with Gasteiger partial charge in [0.05, 0.1) is 6.04 Å². The Bertz CT molecular complexity index is 688. The number of aromatic hydroxyl groups is 1. The summed E-state index contributed by atoms with van der Waals surface area (Å²) in [4.78, 5) is 1.76. The van der Waals surface area contributed by atoms with Gasteiger partial charge in [0, 0.05) is 24.3 Å². The topological polar surface area (TPSA) is 49.5 Å². The molecule has 0 fully saturated rings. The average Bonchev–Trinajstić information content (AvgIpc) is 2.84. The monoisotopic (exact) mass is 294 g/mol. The molecule has 110 valence electrons. The summed E-state index contributed by atoms with van der Waals surface area (Å²) in [5.41, 5.74) is 6.89. The van der Waals surface area contributed by atoms with Crippen molar-refractivity contribution in [2.45, 2.75) is 12.6 Å². The maximum atomic E-state index is 13.9. The van der Waals surface area contributed by atoms with Crippen LogP contribution in [0.3, 0.4) is 0 Å². The summed E-state index contributed by atoms with van der Waals surface area (Å²) in [5.74, 6) is -3.73. The standard InChI is InChI=1S/C15H13F3N2O/c16-12-5-10-11(14(17)15(12)18)7-20(13(10)6-19)8-1-3-9(21)4-2-8/h1-5,13,21H,6-7,19H2. The second-order valence-corrected chi connectivity index (χ2v) is 4.95. The van der Waals surface area contributed by atoms with Crippen LogP contribution in [0.2, 0.25) is 0 Å². The molecule has 0 spiro atoms. The molecule has 2 aromatic rings. The number of fused-ring (bicyclic) bond motifs is 1. The van der Waals surface area contributed by atoms with Gasteiger partial charge in [-0.15, -0.1) is 0 Å². The third-order valence-corrected chi connectivity index (χ3v) is 3.77. The van der Waals surface area contributed by atoms with E-state index >= 15 is 0 Å². The molecule has 0 saturated heterocycles. The number of benzene rings is 2. The van der Waals surface area contributed by atoms with Gasteiger partial charge in [-0.3, -0.25) is 0 Å². The summed E-state index contributed by atoms with van der Waals surface area (Å²) in [6.07, 6.45) is 0. The zero-order chi connectivity index (χ0) is 15.1. The quantitative estimate of drug-likeness (QED) is 0.837. The second-order valence-electron chi connectivity index (χ2n) is 4.95. The molecule has 1 atom stereocenters. The van der Waals surface area contributed by atoms with Gasteiger partial charge in [0.15, 0.2) is 17.5 Å². The summed E-state index contributed by atoms with van der Waals surface area (Å²) in [7, 11) is 0. The first-order valence-electron chi connectivity index (χ1n) is 6.45. The van der Waals surface area contributed by atoms with Crippen LogP contribution in [0.15, 0.2) is 30.3 Å². The van der Waals surface area contributed by atoms with E-state index < -0.39 is 23.5 Å². The average molecular weight is 294 g/mol. The highest BCUT2D eigenvalue weighted by Crippen LogP contribution is 2.39. The lowest BCUT2D eigenvalue weighted by Gasteiger charge is -2.26. The first kappa shape index (κ1) is 13.8. The second kappa shape index (κ2) is 4.96. The molecule has 0 aliphatic carbocycles. The number of nitrogens with two attached hydrogens (primary N) is 1. The van der Waals surface area contributed by atoms with E-state index in [1.165, 1.54) is 12.1 Å². The van der Waals surface area contributed by atoms with E-state index in [-0.39, 0.29) is 24.4 Å². The lowest BCUT2D eigenvalue weighted by molar-refractivity contribution is 0.441. The van der Waals surface area contributed by atoms with Crippen molar-refractivity contribution in [1.82, 2.24) is 0 Å². The van der Waals surface area contributed by atoms with Gasteiger partial charge in [0.25, 0.3) is 0 Å². The molecule has 2 aromatic carbocycles. The molecule has 21 heavy (non-hydrogen) atoms. The molecule has 1 aliphatic rings. The molecule has 0 saturated carbocycles. The van der Waals surface area contributed by atoms with Gasteiger partial charge in [-0.25, -0.2) is 13.2 Å². The van der Waals surface area contributed by atoms with Gasteiger partial charge in [-0.05, 0) is 35.9 Å². The minimum Gasteiger partial charge on any atom is -0.508 e. The molecule has 0 aromatic heterocycles. The smallest absolute Gasteiger partial charge is 0.194 e. The summed E-state index contributed by atoms with van der Waals surface area (Å²) in [6, 6.07) is 6.84. The number of hydrogen-bond donors (Lipinski definition) is 2.